The summed E-state index contributed by atoms with van der Waals surface area (Å²) in [5, 5.41) is 6.11. The fourth-order valence-electron chi connectivity index (χ4n) is 1.34. The molecule has 1 aliphatic heterocycles. The van der Waals surface area contributed by atoms with Crippen LogP contribution in [0.1, 0.15) is 12.8 Å². The average Bonchev–Trinajstić information content (AvgIpc) is 2.07. The second-order valence-electron chi connectivity index (χ2n) is 2.84. The van der Waals surface area contributed by atoms with Gasteiger partial charge in [0.1, 0.15) is 5.92 Å². The van der Waals surface area contributed by atoms with Gasteiger partial charge in [0.25, 0.3) is 0 Å². The Morgan fingerprint density at radius 3 is 3.09 bits per heavy atom. The Morgan fingerprint density at radius 1 is 1.73 bits per heavy atom. The van der Waals surface area contributed by atoms with Gasteiger partial charge in [0.15, 0.2) is 0 Å². The molecule has 0 amide bonds. The van der Waals surface area contributed by atoms with Crippen LogP contribution in [-0.2, 0) is 0 Å². The zero-order valence-electron chi connectivity index (χ0n) is 6.69. The Labute approximate surface area is 66.2 Å². The molecule has 5 nitrogen and oxygen atoms in total. The Kier molecular flexibility index (Phi) is 3.28. The molecule has 0 radical (unpaired) electrons. The summed E-state index contributed by atoms with van der Waals surface area (Å²) in [7, 11) is 0. The lowest BCUT2D eigenvalue weighted by atomic mass is 9.99. The highest BCUT2D eigenvalue weighted by atomic mass is 15.5. The molecule has 0 aromatic heterocycles. The topological polar surface area (TPSA) is 91.7 Å². The van der Waals surface area contributed by atoms with Crippen molar-refractivity contribution in [1.82, 2.24) is 10.9 Å². The lowest BCUT2D eigenvalue weighted by Crippen LogP contribution is -2.95. The molecule has 1 saturated heterocycles. The fourth-order valence-corrected chi connectivity index (χ4v) is 1.34. The highest BCUT2D eigenvalue weighted by Crippen LogP contribution is 2.06. The number of hydrogen-bond acceptors (Lipinski definition) is 3. The molecule has 0 aromatic carbocycles. The third-order valence-corrected chi connectivity index (χ3v) is 2.02. The monoisotopic (exact) mass is 159 g/mol. The molecule has 11 heavy (non-hydrogen) atoms. The number of hydrazine groups is 2. The Bertz CT molecular complexity index is 138. The Balaban J connectivity index is 2.38. The lowest BCUT2D eigenvalue weighted by Gasteiger charge is -2.16. The van der Waals surface area contributed by atoms with E-state index in [1.54, 1.807) is 0 Å². The zero-order chi connectivity index (χ0) is 8.10. The van der Waals surface area contributed by atoms with Crippen LogP contribution < -0.4 is 27.5 Å². The predicted molar refractivity (Wildman–Crippen MR) is 41.8 cm³/mol. The summed E-state index contributed by atoms with van der Waals surface area (Å²) >= 11 is 0. The van der Waals surface area contributed by atoms with Crippen LogP contribution in [0.2, 0.25) is 0 Å². The van der Waals surface area contributed by atoms with Crippen molar-refractivity contribution in [2.45, 2.75) is 12.8 Å². The molecule has 8 N–H and O–H groups in total. The molecule has 1 fully saturated rings. The molecule has 0 aliphatic carbocycles. The summed E-state index contributed by atoms with van der Waals surface area (Å²) in [6.07, 6.45) is 2.41. The van der Waals surface area contributed by atoms with Gasteiger partial charge in [-0.3, -0.25) is 5.73 Å². The highest BCUT2D eigenvalue weighted by molar-refractivity contribution is 5.68. The maximum absolute atomic E-state index is 5.09. The molecule has 1 rings (SSSR count). The van der Waals surface area contributed by atoms with E-state index in [1.165, 1.54) is 12.8 Å². The van der Waals surface area contributed by atoms with E-state index in [1.807, 2.05) is 0 Å². The van der Waals surface area contributed by atoms with Crippen LogP contribution in [0.3, 0.4) is 0 Å². The van der Waals surface area contributed by atoms with Gasteiger partial charge in [0, 0.05) is 6.54 Å². The van der Waals surface area contributed by atoms with Gasteiger partial charge in [-0.2, -0.15) is 0 Å². The maximum atomic E-state index is 5.09. The van der Waals surface area contributed by atoms with E-state index in [0.29, 0.717) is 5.92 Å². The highest BCUT2D eigenvalue weighted by Gasteiger charge is 2.23. The van der Waals surface area contributed by atoms with Gasteiger partial charge in [0.05, 0.1) is 0 Å². The number of nitrogens with two attached hydrogens (primary N) is 1. The largest absolute Gasteiger partial charge is 0.364 e. The van der Waals surface area contributed by atoms with E-state index in [-0.39, 0.29) is 0 Å². The van der Waals surface area contributed by atoms with Crippen LogP contribution in [0.4, 0.5) is 0 Å². The third-order valence-electron chi connectivity index (χ3n) is 2.02. The molecular weight excluding hydrogens is 142 g/mol. The van der Waals surface area contributed by atoms with Gasteiger partial charge < -0.3 is 5.32 Å². The van der Waals surface area contributed by atoms with Crippen molar-refractivity contribution in [2.24, 2.45) is 11.8 Å². The normalized spacial score (nSPS) is 26.7. The number of hydrazone groups is 1. The summed E-state index contributed by atoms with van der Waals surface area (Å²) in [5.41, 5.74) is 6.26. The van der Waals surface area contributed by atoms with Crippen molar-refractivity contribution in [3.8, 4) is 0 Å². The Morgan fingerprint density at radius 2 is 2.55 bits per heavy atom. The third kappa shape index (κ3) is 2.45. The first-order valence-corrected chi connectivity index (χ1v) is 3.95. The summed E-state index contributed by atoms with van der Waals surface area (Å²) in [4.78, 5) is 0. The molecular formula is C6H17N5+2. The maximum Gasteiger partial charge on any atom is 0.364 e. The van der Waals surface area contributed by atoms with Crippen molar-refractivity contribution in [2.75, 3.05) is 13.1 Å². The van der Waals surface area contributed by atoms with Crippen molar-refractivity contribution < 1.29 is 10.8 Å². The SMILES string of the molecule is NN[NH+]=C([NH3+])C1CCCNC1. The molecule has 64 valence electrons. The first-order valence-electron chi connectivity index (χ1n) is 3.95. The number of hydrogen-bond donors (Lipinski definition) is 5. The second kappa shape index (κ2) is 4.27. The average molecular weight is 159 g/mol. The molecule has 1 atom stereocenters. The second-order valence-corrected chi connectivity index (χ2v) is 2.84. The van der Waals surface area contributed by atoms with E-state index in [9.17, 15) is 0 Å². The fraction of sp³-hybridized carbons (Fsp3) is 0.833. The van der Waals surface area contributed by atoms with E-state index in [0.717, 1.165) is 18.9 Å². The minimum atomic E-state index is 0.514. The molecule has 0 saturated carbocycles. The van der Waals surface area contributed by atoms with E-state index in [4.69, 9.17) is 5.84 Å². The van der Waals surface area contributed by atoms with Gasteiger partial charge in [-0.1, -0.05) is 5.10 Å². The Hall–Kier alpha value is -0.650. The van der Waals surface area contributed by atoms with Crippen molar-refractivity contribution >= 4 is 5.84 Å². The minimum absolute atomic E-state index is 0.514. The van der Waals surface area contributed by atoms with Crippen molar-refractivity contribution in [3.05, 3.63) is 0 Å². The van der Waals surface area contributed by atoms with Gasteiger partial charge in [-0.25, -0.2) is 5.84 Å². The molecule has 1 unspecified atom stereocenters. The number of nitrogens with one attached hydrogen (secondary N) is 3. The molecule has 0 aromatic rings. The summed E-state index contributed by atoms with van der Waals surface area (Å²) in [6.45, 7) is 2.13. The number of piperidine rings is 1. The smallest absolute Gasteiger partial charge is 0.316 e. The molecule has 0 spiro atoms. The zero-order valence-corrected chi connectivity index (χ0v) is 6.69. The van der Waals surface area contributed by atoms with Crippen LogP contribution in [0.5, 0.6) is 0 Å². The van der Waals surface area contributed by atoms with E-state index in [2.05, 4.69) is 21.7 Å². The van der Waals surface area contributed by atoms with Crippen LogP contribution in [0.15, 0.2) is 0 Å². The number of amidine groups is 1. The molecule has 1 aliphatic rings. The summed E-state index contributed by atoms with van der Waals surface area (Å²) in [6, 6.07) is 0. The van der Waals surface area contributed by atoms with Crippen LogP contribution in [0, 0.1) is 5.92 Å². The van der Waals surface area contributed by atoms with Crippen LogP contribution in [-0.4, -0.2) is 18.9 Å². The summed E-state index contributed by atoms with van der Waals surface area (Å²) in [5.74, 6) is 6.58. The van der Waals surface area contributed by atoms with Crippen LogP contribution >= 0.6 is 0 Å². The number of quaternary nitrogens is 1. The van der Waals surface area contributed by atoms with E-state index < -0.39 is 0 Å². The van der Waals surface area contributed by atoms with E-state index >= 15 is 0 Å². The predicted octanol–water partition coefficient (Wildman–Crippen LogP) is -3.91. The molecule has 1 heterocycles. The van der Waals surface area contributed by atoms with Gasteiger partial charge >= 0.3 is 5.84 Å². The number of rotatable bonds is 2. The van der Waals surface area contributed by atoms with Crippen molar-refractivity contribution in [3.63, 3.8) is 0 Å². The van der Waals surface area contributed by atoms with Gasteiger partial charge in [-0.05, 0) is 19.4 Å². The quantitative estimate of drug-likeness (QED) is 0.123. The lowest BCUT2D eigenvalue weighted by molar-refractivity contribution is -0.566. The van der Waals surface area contributed by atoms with Crippen molar-refractivity contribution in [1.29, 1.82) is 0 Å². The first-order chi connectivity index (χ1) is 5.34. The first kappa shape index (κ1) is 8.45. The minimum Gasteiger partial charge on any atom is -0.316 e. The van der Waals surface area contributed by atoms with Gasteiger partial charge in [-0.15, -0.1) is 5.53 Å². The molecule has 0 bridgehead atoms. The van der Waals surface area contributed by atoms with Gasteiger partial charge in [0.2, 0.25) is 0 Å². The standard InChI is InChI=1S/C6H15N5/c7-6(10-11-8)5-2-1-3-9-4-5/h5,9,11H,1-4,8H2,(H2,7,10)/p+2. The molecule has 5 heteroatoms. The summed E-state index contributed by atoms with van der Waals surface area (Å²) < 4.78 is 0. The van der Waals surface area contributed by atoms with Crippen LogP contribution in [0.25, 0.3) is 0 Å².